The maximum atomic E-state index is 13.5. The minimum absolute atomic E-state index is 0.0191. The highest BCUT2D eigenvalue weighted by Crippen LogP contribution is 2.18. The Balaban J connectivity index is 2.59. The third kappa shape index (κ3) is 4.11. The van der Waals surface area contributed by atoms with Crippen molar-refractivity contribution in [3.05, 3.63) is 34.6 Å². The number of nitrogens with two attached hydrogens (primary N) is 1. The monoisotopic (exact) mass is 243 g/mol. The van der Waals surface area contributed by atoms with Crippen LogP contribution >= 0.6 is 11.6 Å². The molecular weight excluding hydrogens is 225 g/mol. The first-order valence-electron chi connectivity index (χ1n) is 5.72. The Morgan fingerprint density at radius 1 is 1.44 bits per heavy atom. The molecule has 1 nitrogen and oxygen atoms in total. The van der Waals surface area contributed by atoms with Crippen molar-refractivity contribution in [2.45, 2.75) is 39.2 Å². The highest BCUT2D eigenvalue weighted by Gasteiger charge is 2.11. The van der Waals surface area contributed by atoms with Crippen LogP contribution in [-0.2, 0) is 6.42 Å². The van der Waals surface area contributed by atoms with Crippen molar-refractivity contribution < 1.29 is 4.39 Å². The molecule has 2 unspecified atom stereocenters. The van der Waals surface area contributed by atoms with E-state index in [2.05, 4.69) is 13.8 Å². The lowest BCUT2D eigenvalue weighted by Crippen LogP contribution is -2.25. The van der Waals surface area contributed by atoms with E-state index in [9.17, 15) is 4.39 Å². The third-order valence-electron chi connectivity index (χ3n) is 2.90. The number of hydrogen-bond acceptors (Lipinski definition) is 1. The summed E-state index contributed by atoms with van der Waals surface area (Å²) in [7, 11) is 0. The average molecular weight is 244 g/mol. The number of halogens is 2. The zero-order valence-electron chi connectivity index (χ0n) is 9.84. The van der Waals surface area contributed by atoms with Crippen molar-refractivity contribution in [1.82, 2.24) is 0 Å². The Bertz CT molecular complexity index is 341. The lowest BCUT2D eigenvalue weighted by molar-refractivity contribution is 0.446. The summed E-state index contributed by atoms with van der Waals surface area (Å²) in [6, 6.07) is 4.78. The van der Waals surface area contributed by atoms with Gasteiger partial charge in [0, 0.05) is 11.1 Å². The zero-order valence-corrected chi connectivity index (χ0v) is 10.6. The maximum Gasteiger partial charge on any atom is 0.127 e. The summed E-state index contributed by atoms with van der Waals surface area (Å²) in [4.78, 5) is 0. The molecule has 0 fully saturated rings. The molecule has 90 valence electrons. The molecular formula is C13H19ClFN. The third-order valence-corrected chi connectivity index (χ3v) is 3.13. The fourth-order valence-electron chi connectivity index (χ4n) is 1.74. The van der Waals surface area contributed by atoms with Gasteiger partial charge in [-0.1, -0.05) is 37.9 Å². The van der Waals surface area contributed by atoms with E-state index in [-0.39, 0.29) is 11.9 Å². The molecule has 1 rings (SSSR count). The van der Waals surface area contributed by atoms with Crippen LogP contribution in [0, 0.1) is 11.7 Å². The molecule has 1 aromatic rings. The van der Waals surface area contributed by atoms with Crippen LogP contribution < -0.4 is 5.73 Å². The molecule has 2 atom stereocenters. The minimum Gasteiger partial charge on any atom is -0.327 e. The summed E-state index contributed by atoms with van der Waals surface area (Å²) in [5.41, 5.74) is 6.64. The first-order chi connectivity index (χ1) is 7.52. The van der Waals surface area contributed by atoms with E-state index in [1.807, 2.05) is 0 Å². The standard InChI is InChI=1S/C13H19ClFN/c1-3-9(2)6-12(16)7-10-4-5-11(14)8-13(10)15/h4-5,8-9,12H,3,6-7,16H2,1-2H3. The van der Waals surface area contributed by atoms with Gasteiger partial charge < -0.3 is 5.73 Å². The SMILES string of the molecule is CCC(C)CC(N)Cc1ccc(Cl)cc1F. The molecule has 2 N–H and O–H groups in total. The zero-order chi connectivity index (χ0) is 12.1. The largest absolute Gasteiger partial charge is 0.327 e. The van der Waals surface area contributed by atoms with E-state index < -0.39 is 0 Å². The predicted octanol–water partition coefficient (Wildman–Crippen LogP) is 3.79. The van der Waals surface area contributed by atoms with Crippen LogP contribution in [0.25, 0.3) is 0 Å². The van der Waals surface area contributed by atoms with Gasteiger partial charge in [0.05, 0.1) is 0 Å². The van der Waals surface area contributed by atoms with E-state index in [0.717, 1.165) is 12.8 Å². The quantitative estimate of drug-likeness (QED) is 0.837. The van der Waals surface area contributed by atoms with Crippen molar-refractivity contribution in [1.29, 1.82) is 0 Å². The van der Waals surface area contributed by atoms with Gasteiger partial charge in [-0.25, -0.2) is 4.39 Å². The Hall–Kier alpha value is -0.600. The fourth-order valence-corrected chi connectivity index (χ4v) is 1.90. The molecule has 0 spiro atoms. The van der Waals surface area contributed by atoms with E-state index in [1.54, 1.807) is 12.1 Å². The second kappa shape index (κ2) is 6.21. The predicted molar refractivity (Wildman–Crippen MR) is 67.2 cm³/mol. The summed E-state index contributed by atoms with van der Waals surface area (Å²) in [5.74, 6) is 0.331. The smallest absolute Gasteiger partial charge is 0.127 e. The molecule has 0 aromatic heterocycles. The van der Waals surface area contributed by atoms with Crippen molar-refractivity contribution >= 4 is 11.6 Å². The fraction of sp³-hybridized carbons (Fsp3) is 0.538. The summed E-state index contributed by atoms with van der Waals surface area (Å²) in [6.45, 7) is 4.30. The molecule has 3 heteroatoms. The Labute approximate surface area is 102 Å². The van der Waals surface area contributed by atoms with Gasteiger partial charge >= 0.3 is 0 Å². The van der Waals surface area contributed by atoms with Gasteiger partial charge in [-0.05, 0) is 36.5 Å². The number of benzene rings is 1. The van der Waals surface area contributed by atoms with Crippen molar-refractivity contribution in [3.8, 4) is 0 Å². The molecule has 0 saturated heterocycles. The Morgan fingerprint density at radius 2 is 2.12 bits per heavy atom. The van der Waals surface area contributed by atoms with Gasteiger partial charge in [0.15, 0.2) is 0 Å². The lowest BCUT2D eigenvalue weighted by Gasteiger charge is -2.16. The lowest BCUT2D eigenvalue weighted by atomic mass is 9.95. The number of rotatable bonds is 5. The molecule has 0 radical (unpaired) electrons. The molecule has 0 aliphatic heterocycles. The van der Waals surface area contributed by atoms with E-state index in [4.69, 9.17) is 17.3 Å². The van der Waals surface area contributed by atoms with Crippen LogP contribution in [0.5, 0.6) is 0 Å². The average Bonchev–Trinajstić information content (AvgIpc) is 2.22. The van der Waals surface area contributed by atoms with Gasteiger partial charge in [0.2, 0.25) is 0 Å². The first kappa shape index (κ1) is 13.5. The molecule has 0 saturated carbocycles. The first-order valence-corrected chi connectivity index (χ1v) is 6.10. The van der Waals surface area contributed by atoms with Gasteiger partial charge in [-0.3, -0.25) is 0 Å². The molecule has 0 aliphatic carbocycles. The molecule has 0 aliphatic rings. The van der Waals surface area contributed by atoms with Crippen LogP contribution in [-0.4, -0.2) is 6.04 Å². The Morgan fingerprint density at radius 3 is 2.69 bits per heavy atom. The van der Waals surface area contributed by atoms with E-state index in [1.165, 1.54) is 6.07 Å². The molecule has 0 heterocycles. The van der Waals surface area contributed by atoms with E-state index >= 15 is 0 Å². The molecule has 16 heavy (non-hydrogen) atoms. The van der Waals surface area contributed by atoms with E-state index in [0.29, 0.717) is 22.9 Å². The van der Waals surface area contributed by atoms with Crippen LogP contribution in [0.3, 0.4) is 0 Å². The van der Waals surface area contributed by atoms with Crippen molar-refractivity contribution in [2.24, 2.45) is 11.7 Å². The molecule has 0 amide bonds. The summed E-state index contributed by atoms with van der Waals surface area (Å²) >= 11 is 5.69. The van der Waals surface area contributed by atoms with Crippen LogP contribution in [0.1, 0.15) is 32.3 Å². The van der Waals surface area contributed by atoms with Crippen molar-refractivity contribution in [3.63, 3.8) is 0 Å². The van der Waals surface area contributed by atoms with Crippen molar-refractivity contribution in [2.75, 3.05) is 0 Å². The van der Waals surface area contributed by atoms with Gasteiger partial charge in [0.1, 0.15) is 5.82 Å². The molecule has 1 aromatic carbocycles. The second-order valence-corrected chi connectivity index (χ2v) is 4.89. The molecule has 0 bridgehead atoms. The van der Waals surface area contributed by atoms with Gasteiger partial charge in [-0.2, -0.15) is 0 Å². The van der Waals surface area contributed by atoms with Gasteiger partial charge in [0.25, 0.3) is 0 Å². The highest BCUT2D eigenvalue weighted by molar-refractivity contribution is 6.30. The van der Waals surface area contributed by atoms with Crippen LogP contribution in [0.15, 0.2) is 18.2 Å². The topological polar surface area (TPSA) is 26.0 Å². The summed E-state index contributed by atoms with van der Waals surface area (Å²) in [6.07, 6.45) is 2.61. The summed E-state index contributed by atoms with van der Waals surface area (Å²) < 4.78 is 13.5. The van der Waals surface area contributed by atoms with Crippen LogP contribution in [0.2, 0.25) is 5.02 Å². The normalized spacial score (nSPS) is 14.8. The van der Waals surface area contributed by atoms with Gasteiger partial charge in [-0.15, -0.1) is 0 Å². The number of hydrogen-bond donors (Lipinski definition) is 1. The maximum absolute atomic E-state index is 13.5. The van der Waals surface area contributed by atoms with Crippen LogP contribution in [0.4, 0.5) is 4.39 Å². The minimum atomic E-state index is -0.257. The summed E-state index contributed by atoms with van der Waals surface area (Å²) in [5, 5.41) is 0.428. The highest BCUT2D eigenvalue weighted by atomic mass is 35.5. The Kier molecular flexibility index (Phi) is 5.23. The second-order valence-electron chi connectivity index (χ2n) is 4.45.